The van der Waals surface area contributed by atoms with E-state index in [0.717, 1.165) is 55.2 Å². The molecule has 3 fully saturated rings. The number of nitrogens with one attached hydrogen (secondary N) is 6. The van der Waals surface area contributed by atoms with E-state index in [9.17, 15) is 74.4 Å². The highest BCUT2D eigenvalue weighted by Gasteiger charge is 2.49. The molecule has 3 aliphatic rings. The van der Waals surface area contributed by atoms with Gasteiger partial charge in [0.25, 0.3) is 0 Å². The van der Waals surface area contributed by atoms with Gasteiger partial charge in [0.1, 0.15) is 60.4 Å². The summed E-state index contributed by atoms with van der Waals surface area (Å²) in [5, 5.41) is 104. The number of aliphatic hydroxyl groups excluding tert-OH is 7. The molecule has 1 aromatic carbocycles. The van der Waals surface area contributed by atoms with E-state index in [1.807, 2.05) is 0 Å². The Morgan fingerprint density at radius 1 is 0.714 bits per heavy atom. The first-order valence-corrected chi connectivity index (χ1v) is 27.3. The van der Waals surface area contributed by atoms with E-state index in [1.54, 1.807) is 0 Å². The first kappa shape index (κ1) is 64.4. The molecule has 25 heteroatoms. The molecule has 2 unspecified atom stereocenters. The number of aliphatic hydroxyl groups is 7. The lowest BCUT2D eigenvalue weighted by molar-refractivity contribution is -0.148. The Bertz CT molecular complexity index is 2070. The predicted octanol–water partition coefficient (Wildman–Crippen LogP) is -3.31. The first-order valence-electron chi connectivity index (χ1n) is 27.3. The minimum Gasteiger partial charge on any atom is -0.508 e. The second kappa shape index (κ2) is 31.5. The molecule has 3 aliphatic heterocycles. The van der Waals surface area contributed by atoms with Crippen LogP contribution in [0.2, 0.25) is 0 Å². The van der Waals surface area contributed by atoms with Crippen molar-refractivity contribution >= 4 is 41.4 Å². The topological polar surface area (TPSA) is 412 Å². The highest BCUT2D eigenvalue weighted by molar-refractivity contribution is 5.98. The summed E-state index contributed by atoms with van der Waals surface area (Å²) in [5.74, 6) is -6.43. The Kier molecular flexibility index (Phi) is 26.4. The lowest BCUT2D eigenvalue weighted by Gasteiger charge is -2.35. The number of phenols is 1. The molecule has 0 radical (unpaired) electrons. The van der Waals surface area contributed by atoms with Crippen LogP contribution in [0.25, 0.3) is 0 Å². The SMILES string of the molecule is CCC(C)CC(C)CCCCCCCCC(=O)N[C@H]1C[C@@H](O)[C@@H](NCCN)NC(=O)[C@@H]2[C@@H](O)CCN2C(=O)[C@H]([C@H](O)CCN)NC(=O)[C@H]([C@@H](O)[C@H](O)c2ccc(O)cc2)NC(=O)[C@@H]2C[C@@H](O)CN2C(=O)[C@H]([C@@H](C)O)NC1=O. The zero-order valence-electron chi connectivity index (χ0n) is 45.0. The number of hydrogen-bond donors (Lipinski definition) is 16. The summed E-state index contributed by atoms with van der Waals surface area (Å²) in [5.41, 5.74) is 11.5. The van der Waals surface area contributed by atoms with Crippen molar-refractivity contribution in [3.8, 4) is 5.75 Å². The van der Waals surface area contributed by atoms with Crippen LogP contribution in [0, 0.1) is 11.8 Å². The second-order valence-corrected chi connectivity index (χ2v) is 21.3. The van der Waals surface area contributed by atoms with Gasteiger partial charge in [0.15, 0.2) is 0 Å². The maximum absolute atomic E-state index is 14.6. The van der Waals surface area contributed by atoms with Crippen molar-refractivity contribution in [3.05, 3.63) is 29.8 Å². The maximum Gasteiger partial charge on any atom is 0.248 e. The smallest absolute Gasteiger partial charge is 0.248 e. The summed E-state index contributed by atoms with van der Waals surface area (Å²) in [7, 11) is 0. The summed E-state index contributed by atoms with van der Waals surface area (Å²) in [6, 6.07) is -6.40. The van der Waals surface area contributed by atoms with Crippen LogP contribution in [0.15, 0.2) is 24.3 Å². The Morgan fingerprint density at radius 2 is 1.34 bits per heavy atom. The molecule has 0 bridgehead atoms. The molecular formula is C52H88N10O15. The van der Waals surface area contributed by atoms with Crippen LogP contribution in [0.5, 0.6) is 5.75 Å². The van der Waals surface area contributed by atoms with Crippen LogP contribution in [0.4, 0.5) is 0 Å². The Hall–Kier alpha value is -5.09. The molecule has 4 rings (SSSR count). The van der Waals surface area contributed by atoms with Crippen molar-refractivity contribution in [3.63, 3.8) is 0 Å². The number of aromatic hydroxyl groups is 1. The molecule has 0 aromatic heterocycles. The number of phenolic OH excluding ortho intramolecular Hbond substituents is 1. The molecule has 16 atom stereocenters. The fourth-order valence-corrected chi connectivity index (χ4v) is 10.2. The van der Waals surface area contributed by atoms with E-state index in [4.69, 9.17) is 11.5 Å². The predicted molar refractivity (Wildman–Crippen MR) is 280 cm³/mol. The number of carbonyl (C=O) groups excluding carboxylic acids is 7. The molecule has 1 aromatic rings. The number of hydrogen-bond acceptors (Lipinski definition) is 18. The van der Waals surface area contributed by atoms with Crippen molar-refractivity contribution < 1.29 is 74.4 Å². The fraction of sp³-hybridized carbons (Fsp3) is 0.750. The molecule has 25 nitrogen and oxygen atoms in total. The molecule has 77 heavy (non-hydrogen) atoms. The van der Waals surface area contributed by atoms with Gasteiger partial charge in [0.05, 0.1) is 30.5 Å². The van der Waals surface area contributed by atoms with E-state index >= 15 is 0 Å². The number of fused-ring (bicyclic) bond motifs is 2. The van der Waals surface area contributed by atoms with Gasteiger partial charge in [-0.3, -0.25) is 38.9 Å². The van der Waals surface area contributed by atoms with E-state index in [0.29, 0.717) is 24.7 Å². The van der Waals surface area contributed by atoms with Gasteiger partial charge >= 0.3 is 0 Å². The van der Waals surface area contributed by atoms with Gasteiger partial charge in [0, 0.05) is 45.4 Å². The summed E-state index contributed by atoms with van der Waals surface area (Å²) >= 11 is 0. The number of benzene rings is 1. The van der Waals surface area contributed by atoms with Crippen molar-refractivity contribution in [2.45, 2.75) is 203 Å². The number of carbonyl (C=O) groups is 7. The Balaban J connectivity index is 1.73. The van der Waals surface area contributed by atoms with E-state index < -0.39 is 146 Å². The lowest BCUT2D eigenvalue weighted by atomic mass is 9.91. The molecule has 436 valence electrons. The van der Waals surface area contributed by atoms with Crippen molar-refractivity contribution in [1.82, 2.24) is 41.7 Å². The van der Waals surface area contributed by atoms with Crippen molar-refractivity contribution in [2.24, 2.45) is 23.3 Å². The van der Waals surface area contributed by atoms with E-state index in [-0.39, 0.29) is 56.8 Å². The van der Waals surface area contributed by atoms with Gasteiger partial charge in [0.2, 0.25) is 41.4 Å². The van der Waals surface area contributed by atoms with E-state index in [2.05, 4.69) is 52.7 Å². The average Bonchev–Trinajstić information content (AvgIpc) is 3.99. The van der Waals surface area contributed by atoms with Gasteiger partial charge in [-0.05, 0) is 68.7 Å². The molecular weight excluding hydrogens is 1000 g/mol. The molecule has 7 amide bonds. The average molecular weight is 1090 g/mol. The minimum atomic E-state index is -2.28. The number of nitrogens with two attached hydrogens (primary N) is 2. The van der Waals surface area contributed by atoms with Crippen LogP contribution in [-0.2, 0) is 33.6 Å². The van der Waals surface area contributed by atoms with Crippen LogP contribution in [-0.4, -0.2) is 204 Å². The first-order chi connectivity index (χ1) is 36.5. The highest BCUT2D eigenvalue weighted by Crippen LogP contribution is 2.27. The molecule has 0 saturated carbocycles. The summed E-state index contributed by atoms with van der Waals surface area (Å²) in [6.07, 6.45) is -6.95. The molecule has 3 saturated heterocycles. The van der Waals surface area contributed by atoms with Crippen molar-refractivity contribution in [1.29, 1.82) is 0 Å². The van der Waals surface area contributed by atoms with Gasteiger partial charge in [-0.1, -0.05) is 77.8 Å². The monoisotopic (exact) mass is 1090 g/mol. The van der Waals surface area contributed by atoms with E-state index in [1.165, 1.54) is 30.7 Å². The number of nitrogens with zero attached hydrogens (tertiary/aromatic N) is 2. The van der Waals surface area contributed by atoms with Crippen molar-refractivity contribution in [2.75, 3.05) is 32.7 Å². The molecule has 0 aliphatic carbocycles. The van der Waals surface area contributed by atoms with Gasteiger partial charge in [-0.25, -0.2) is 0 Å². The third-order valence-electron chi connectivity index (χ3n) is 14.9. The van der Waals surface area contributed by atoms with Gasteiger partial charge in [-0.2, -0.15) is 0 Å². The minimum absolute atomic E-state index is 0.0257. The summed E-state index contributed by atoms with van der Waals surface area (Å²) in [4.78, 5) is 102. The zero-order valence-corrected chi connectivity index (χ0v) is 45.0. The fourth-order valence-electron chi connectivity index (χ4n) is 10.2. The van der Waals surface area contributed by atoms with Crippen LogP contribution < -0.4 is 43.4 Å². The lowest BCUT2D eigenvalue weighted by Crippen LogP contribution is -2.65. The number of unbranched alkanes of at least 4 members (excludes halogenated alkanes) is 5. The largest absolute Gasteiger partial charge is 0.508 e. The summed E-state index contributed by atoms with van der Waals surface area (Å²) < 4.78 is 0. The quantitative estimate of drug-likeness (QED) is 0.0477. The van der Waals surface area contributed by atoms with Crippen LogP contribution in [0.3, 0.4) is 0 Å². The molecule has 18 N–H and O–H groups in total. The highest BCUT2D eigenvalue weighted by atomic mass is 16.3. The standard InChI is InChI=1S/C52H88N10O15/c1-5-28(2)24-29(3)12-10-8-6-7-9-11-13-39(69)56-34-26-38(68)46(55-22-21-54)60-50(75)43-37(67)19-23-61(43)52(77)41(36(66)18-20-53)58-49(74)42(45(71)44(70)31-14-16-32(64)17-15-31)59-48(73)35-25-33(65)27-62(35)51(76)40(30(4)63)57-47(34)72/h14-17,28-30,33-38,40-46,55,63-68,70-71H,5-13,18-27,53-54H2,1-4H3,(H,56,69)(H,57,72)(H,58,74)(H,59,73)(H,60,75)/t28?,29?,30-,33-,34+,35+,36-,37+,38-,40+,41+,42+,43+,44-,45-,46+/m1/s1. The third kappa shape index (κ3) is 18.8. The Morgan fingerprint density at radius 3 is 1.97 bits per heavy atom. The van der Waals surface area contributed by atoms with Crippen LogP contribution in [0.1, 0.15) is 129 Å². The number of rotatable bonds is 23. The normalized spacial score (nSPS) is 28.6. The molecule has 0 spiro atoms. The number of amides is 7. The van der Waals surface area contributed by atoms with Gasteiger partial charge in [-0.15, -0.1) is 0 Å². The van der Waals surface area contributed by atoms with Gasteiger partial charge < -0.3 is 88.7 Å². The molecule has 3 heterocycles. The third-order valence-corrected chi connectivity index (χ3v) is 14.9. The zero-order chi connectivity index (χ0) is 57.1. The Labute approximate surface area is 450 Å². The van der Waals surface area contributed by atoms with Crippen LogP contribution >= 0.6 is 0 Å². The maximum atomic E-state index is 14.6. The second-order valence-electron chi connectivity index (χ2n) is 21.3. The summed E-state index contributed by atoms with van der Waals surface area (Å²) in [6.45, 7) is 6.73.